The van der Waals surface area contributed by atoms with Crippen LogP contribution in [0.15, 0.2) is 30.3 Å². The molecule has 0 spiro atoms. The normalized spacial score (nSPS) is 15.9. The second-order valence-electron chi connectivity index (χ2n) is 5.34. The predicted molar refractivity (Wildman–Crippen MR) is 85.0 cm³/mol. The van der Waals surface area contributed by atoms with Gasteiger partial charge in [0.05, 0.1) is 17.0 Å². The molecule has 1 aromatic rings. The van der Waals surface area contributed by atoms with Crippen molar-refractivity contribution in [2.45, 2.75) is 30.6 Å². The van der Waals surface area contributed by atoms with Crippen molar-refractivity contribution in [2.24, 2.45) is 5.73 Å². The molecule has 1 fully saturated rings. The second kappa shape index (κ2) is 7.24. The Morgan fingerprint density at radius 2 is 1.86 bits per heavy atom. The van der Waals surface area contributed by atoms with Gasteiger partial charge >= 0.3 is 0 Å². The molecule has 0 atom stereocenters. The molecule has 0 aliphatic heterocycles. The maximum atomic E-state index is 11.9. The van der Waals surface area contributed by atoms with Crippen LogP contribution < -0.4 is 11.1 Å². The van der Waals surface area contributed by atoms with Crippen LogP contribution in [0.25, 0.3) is 0 Å². The molecule has 1 aliphatic carbocycles. The van der Waals surface area contributed by atoms with Crippen molar-refractivity contribution < 1.29 is 13.2 Å². The van der Waals surface area contributed by atoms with Crippen molar-refractivity contribution in [1.82, 2.24) is 5.32 Å². The molecule has 1 saturated carbocycles. The van der Waals surface area contributed by atoms with Crippen LogP contribution in [0.4, 0.5) is 0 Å². The van der Waals surface area contributed by atoms with E-state index in [2.05, 4.69) is 5.32 Å². The molecule has 1 aromatic carbocycles. The zero-order valence-corrected chi connectivity index (χ0v) is 13.4. The largest absolute Gasteiger partial charge is 0.354 e. The van der Waals surface area contributed by atoms with E-state index in [0.29, 0.717) is 25.8 Å². The lowest BCUT2D eigenvalue weighted by atomic mass is 10.2. The van der Waals surface area contributed by atoms with Gasteiger partial charge in [0.15, 0.2) is 9.84 Å². The van der Waals surface area contributed by atoms with E-state index in [1.54, 1.807) is 12.1 Å². The van der Waals surface area contributed by atoms with E-state index < -0.39 is 15.4 Å². The third kappa shape index (κ3) is 5.65. The van der Waals surface area contributed by atoms with Gasteiger partial charge in [0.2, 0.25) is 5.91 Å². The molecule has 21 heavy (non-hydrogen) atoms. The number of nitrogens with two attached hydrogens (primary N) is 1. The molecule has 1 aliphatic rings. The molecule has 0 saturated heterocycles. The van der Waals surface area contributed by atoms with Gasteiger partial charge in [-0.05, 0) is 24.8 Å². The van der Waals surface area contributed by atoms with E-state index in [1.807, 2.05) is 18.2 Å². The summed E-state index contributed by atoms with van der Waals surface area (Å²) in [5, 5.41) is 2.69. The van der Waals surface area contributed by atoms with Crippen molar-refractivity contribution in [3.05, 3.63) is 35.9 Å². The Bertz CT molecular complexity index is 571. The third-order valence-electron chi connectivity index (χ3n) is 3.39. The van der Waals surface area contributed by atoms with Crippen LogP contribution in [0.5, 0.6) is 0 Å². The number of halogens is 1. The molecule has 3 N–H and O–H groups in total. The number of sulfone groups is 1. The van der Waals surface area contributed by atoms with Crippen molar-refractivity contribution in [2.75, 3.05) is 12.3 Å². The summed E-state index contributed by atoms with van der Waals surface area (Å²) in [7, 11) is -3.13. The fourth-order valence-corrected chi connectivity index (χ4v) is 3.36. The van der Waals surface area contributed by atoms with E-state index in [-0.39, 0.29) is 29.8 Å². The van der Waals surface area contributed by atoms with Gasteiger partial charge in [-0.2, -0.15) is 0 Å². The Morgan fingerprint density at radius 1 is 1.24 bits per heavy atom. The maximum Gasteiger partial charge on any atom is 0.240 e. The number of nitrogens with one attached hydrogen (secondary N) is 1. The number of hydrogen-bond donors (Lipinski definition) is 2. The fourth-order valence-electron chi connectivity index (χ4n) is 1.93. The van der Waals surface area contributed by atoms with E-state index >= 15 is 0 Å². The topological polar surface area (TPSA) is 89.3 Å². The van der Waals surface area contributed by atoms with Crippen molar-refractivity contribution >= 4 is 28.2 Å². The molecule has 7 heteroatoms. The molecule has 2 rings (SSSR count). The highest BCUT2D eigenvalue weighted by Gasteiger charge is 2.45. The van der Waals surface area contributed by atoms with E-state index in [0.717, 1.165) is 5.56 Å². The molecule has 0 heterocycles. The van der Waals surface area contributed by atoms with E-state index in [1.165, 1.54) is 0 Å². The Hall–Kier alpha value is -1.11. The second-order valence-corrected chi connectivity index (χ2v) is 7.53. The molecule has 0 aromatic heterocycles. The van der Waals surface area contributed by atoms with Gasteiger partial charge in [0.25, 0.3) is 0 Å². The Labute approximate surface area is 131 Å². The Morgan fingerprint density at radius 3 is 2.43 bits per heavy atom. The number of rotatable bonds is 7. The lowest BCUT2D eigenvalue weighted by Crippen LogP contribution is -2.43. The van der Waals surface area contributed by atoms with Crippen LogP contribution in [-0.2, 0) is 20.4 Å². The summed E-state index contributed by atoms with van der Waals surface area (Å²) in [5.74, 6) is -0.0551. The standard InChI is InChI=1S/C14H20N2O3S.ClH/c15-14(7-8-14)13(17)16-9-4-10-20(18,19)11-12-5-2-1-3-6-12;/h1-3,5-6H,4,7-11,15H2,(H,16,17);1H. The van der Waals surface area contributed by atoms with E-state index in [9.17, 15) is 13.2 Å². The zero-order valence-electron chi connectivity index (χ0n) is 11.7. The lowest BCUT2D eigenvalue weighted by molar-refractivity contribution is -0.123. The predicted octanol–water partition coefficient (Wildman–Crippen LogP) is 1.02. The van der Waals surface area contributed by atoms with Gasteiger partial charge < -0.3 is 11.1 Å². The number of carbonyl (C=O) groups excluding carboxylic acids is 1. The van der Waals surface area contributed by atoms with Crippen LogP contribution in [-0.4, -0.2) is 32.2 Å². The summed E-state index contributed by atoms with van der Waals surface area (Å²) >= 11 is 0. The van der Waals surface area contributed by atoms with Crippen molar-refractivity contribution in [3.63, 3.8) is 0 Å². The average molecular weight is 333 g/mol. The monoisotopic (exact) mass is 332 g/mol. The fraction of sp³-hybridized carbons (Fsp3) is 0.500. The van der Waals surface area contributed by atoms with Crippen molar-refractivity contribution in [3.8, 4) is 0 Å². The van der Waals surface area contributed by atoms with Crippen molar-refractivity contribution in [1.29, 1.82) is 0 Å². The lowest BCUT2D eigenvalue weighted by Gasteiger charge is -2.10. The summed E-state index contributed by atoms with van der Waals surface area (Å²) in [6, 6.07) is 9.09. The molecule has 118 valence electrons. The molecular weight excluding hydrogens is 312 g/mol. The minimum absolute atomic E-state index is 0. The molecule has 0 bridgehead atoms. The summed E-state index contributed by atoms with van der Waals surface area (Å²) in [6.07, 6.45) is 1.84. The van der Waals surface area contributed by atoms with Crippen LogP contribution >= 0.6 is 12.4 Å². The van der Waals surface area contributed by atoms with Crippen LogP contribution in [0, 0.1) is 0 Å². The van der Waals surface area contributed by atoms with Crippen LogP contribution in [0.3, 0.4) is 0 Å². The highest BCUT2D eigenvalue weighted by Crippen LogP contribution is 2.31. The van der Waals surface area contributed by atoms with Gasteiger partial charge in [-0.3, -0.25) is 4.79 Å². The first-order chi connectivity index (χ1) is 9.41. The van der Waals surface area contributed by atoms with Crippen LogP contribution in [0.1, 0.15) is 24.8 Å². The van der Waals surface area contributed by atoms with Gasteiger partial charge in [-0.1, -0.05) is 30.3 Å². The highest BCUT2D eigenvalue weighted by atomic mass is 35.5. The Kier molecular flexibility index (Phi) is 6.19. The third-order valence-corrected chi connectivity index (χ3v) is 5.07. The zero-order chi connectivity index (χ0) is 14.6. The molecule has 5 nitrogen and oxygen atoms in total. The number of carbonyl (C=O) groups is 1. The molecule has 0 radical (unpaired) electrons. The highest BCUT2D eigenvalue weighted by molar-refractivity contribution is 7.90. The summed E-state index contributed by atoms with van der Waals surface area (Å²) < 4.78 is 23.8. The van der Waals surface area contributed by atoms with Gasteiger partial charge in [-0.15, -0.1) is 12.4 Å². The smallest absolute Gasteiger partial charge is 0.240 e. The van der Waals surface area contributed by atoms with Gasteiger partial charge in [0, 0.05) is 6.54 Å². The number of amides is 1. The Balaban J connectivity index is 0.00000220. The molecule has 0 unspecified atom stereocenters. The maximum absolute atomic E-state index is 11.9. The molecule has 1 amide bonds. The number of hydrogen-bond acceptors (Lipinski definition) is 4. The van der Waals surface area contributed by atoms with Gasteiger partial charge in [0.1, 0.15) is 0 Å². The SMILES string of the molecule is Cl.NC1(C(=O)NCCCS(=O)(=O)Cc2ccccc2)CC1. The minimum Gasteiger partial charge on any atom is -0.354 e. The van der Waals surface area contributed by atoms with Crippen LogP contribution in [0.2, 0.25) is 0 Å². The summed E-state index contributed by atoms with van der Waals surface area (Å²) in [5.41, 5.74) is 5.83. The van der Waals surface area contributed by atoms with E-state index in [4.69, 9.17) is 5.73 Å². The summed E-state index contributed by atoms with van der Waals surface area (Å²) in [6.45, 7) is 0.353. The number of benzene rings is 1. The minimum atomic E-state index is -3.13. The average Bonchev–Trinajstić information content (AvgIpc) is 3.14. The molecular formula is C14H21ClN2O3S. The first-order valence-corrected chi connectivity index (χ1v) is 8.55. The summed E-state index contributed by atoms with van der Waals surface area (Å²) in [4.78, 5) is 11.6. The van der Waals surface area contributed by atoms with Gasteiger partial charge in [-0.25, -0.2) is 8.42 Å². The first-order valence-electron chi connectivity index (χ1n) is 6.73. The quantitative estimate of drug-likeness (QED) is 0.730. The first kappa shape index (κ1) is 17.9.